The van der Waals surface area contributed by atoms with E-state index < -0.39 is 0 Å². The molecule has 78 valence electrons. The molecular weight excluding hydrogens is 196 g/mol. The van der Waals surface area contributed by atoms with E-state index in [2.05, 4.69) is 42.5 Å². The Hall–Kier alpha value is -1.64. The normalized spacial score (nSPS) is 26.3. The first-order valence-corrected chi connectivity index (χ1v) is 5.51. The van der Waals surface area contributed by atoms with E-state index in [9.17, 15) is 0 Å². The van der Waals surface area contributed by atoms with Gasteiger partial charge < -0.3 is 11.5 Å². The third-order valence-corrected chi connectivity index (χ3v) is 4.00. The Morgan fingerprint density at radius 2 is 1.50 bits per heavy atom. The molecule has 0 fully saturated rings. The molecule has 0 amide bonds. The van der Waals surface area contributed by atoms with Crippen molar-refractivity contribution in [1.82, 2.24) is 0 Å². The van der Waals surface area contributed by atoms with Crippen molar-refractivity contribution in [2.75, 3.05) is 0 Å². The molecule has 0 aromatic carbocycles. The van der Waals surface area contributed by atoms with Crippen molar-refractivity contribution in [1.29, 1.82) is 0 Å². The lowest BCUT2D eigenvalue weighted by molar-refractivity contribution is 0.724. The number of allylic oxidation sites excluding steroid dienone is 10. The maximum absolute atomic E-state index is 5.83. The highest BCUT2D eigenvalue weighted by atomic mass is 14.9. The van der Waals surface area contributed by atoms with Crippen molar-refractivity contribution in [3.05, 3.63) is 70.4 Å². The van der Waals surface area contributed by atoms with Gasteiger partial charge in [0, 0.05) is 0 Å². The van der Waals surface area contributed by atoms with Crippen molar-refractivity contribution in [3.8, 4) is 0 Å². The summed E-state index contributed by atoms with van der Waals surface area (Å²) in [6.45, 7) is 0. The van der Waals surface area contributed by atoms with E-state index in [0.29, 0.717) is 0 Å². The second kappa shape index (κ2) is 2.37. The maximum atomic E-state index is 5.83. The van der Waals surface area contributed by atoms with Gasteiger partial charge in [-0.25, -0.2) is 0 Å². The Bertz CT molecular complexity index is 570. The largest absolute Gasteiger partial charge is 0.312 e. The van der Waals surface area contributed by atoms with Crippen LogP contribution >= 0.6 is 0 Å². The van der Waals surface area contributed by atoms with E-state index in [1.165, 1.54) is 22.3 Å². The first-order valence-electron chi connectivity index (χ1n) is 5.51. The zero-order chi connectivity index (χ0) is 10.9. The topological polar surface area (TPSA) is 52.0 Å². The number of rotatable bonds is 1. The highest BCUT2D eigenvalue weighted by molar-refractivity contribution is 5.79. The Morgan fingerprint density at radius 3 is 2.00 bits per heavy atom. The Balaban J connectivity index is 2.02. The summed E-state index contributed by atoms with van der Waals surface area (Å²) in [5.74, 6) is 0. The van der Waals surface area contributed by atoms with Gasteiger partial charge in [0.15, 0.2) is 0 Å². The average molecular weight is 208 g/mol. The molecule has 0 aromatic rings. The van der Waals surface area contributed by atoms with Crippen LogP contribution < -0.4 is 11.5 Å². The Labute approximate surface area is 94.0 Å². The summed E-state index contributed by atoms with van der Waals surface area (Å²) in [7, 11) is 0. The summed E-state index contributed by atoms with van der Waals surface area (Å²) in [6.07, 6.45) is 14.9. The molecule has 4 aliphatic carbocycles. The molecule has 0 atom stereocenters. The van der Waals surface area contributed by atoms with Gasteiger partial charge in [0.25, 0.3) is 0 Å². The van der Waals surface area contributed by atoms with Gasteiger partial charge in [-0.2, -0.15) is 0 Å². The van der Waals surface area contributed by atoms with Gasteiger partial charge >= 0.3 is 0 Å². The van der Waals surface area contributed by atoms with E-state index in [1.54, 1.807) is 0 Å². The smallest absolute Gasteiger partial charge is 0.0788 e. The summed E-state index contributed by atoms with van der Waals surface area (Å²) >= 11 is 0. The van der Waals surface area contributed by atoms with Gasteiger partial charge in [-0.15, -0.1) is 0 Å². The average Bonchev–Trinajstić information content (AvgIpc) is 3.02. The standard InChI is InChI=1S/C14H12N2/c15-13(16)11-7-10-5-6-12(11)14(10)8-1-2-9(14)4-3-8/h1-7,13H,15-16H2. The zero-order valence-corrected chi connectivity index (χ0v) is 8.77. The molecule has 0 saturated heterocycles. The highest BCUT2D eigenvalue weighted by Gasteiger charge is 2.52. The molecule has 0 heterocycles. The summed E-state index contributed by atoms with van der Waals surface area (Å²) in [4.78, 5) is 0. The van der Waals surface area contributed by atoms with Crippen LogP contribution in [0.4, 0.5) is 0 Å². The third kappa shape index (κ3) is 0.655. The zero-order valence-electron chi connectivity index (χ0n) is 8.77. The molecule has 2 heteroatoms. The fraction of sp³-hybridized carbons (Fsp3) is 0.143. The van der Waals surface area contributed by atoms with Crippen LogP contribution in [0.5, 0.6) is 0 Å². The molecule has 0 unspecified atom stereocenters. The second-order valence-electron chi connectivity index (χ2n) is 4.66. The predicted octanol–water partition coefficient (Wildman–Crippen LogP) is 1.46. The van der Waals surface area contributed by atoms with E-state index in [0.717, 1.165) is 5.57 Å². The molecule has 4 rings (SSSR count). The predicted molar refractivity (Wildman–Crippen MR) is 64.2 cm³/mol. The summed E-state index contributed by atoms with van der Waals surface area (Å²) in [6, 6.07) is 0. The summed E-state index contributed by atoms with van der Waals surface area (Å²) in [5, 5.41) is 0. The minimum atomic E-state index is -0.379. The lowest BCUT2D eigenvalue weighted by Gasteiger charge is -2.26. The Kier molecular flexibility index (Phi) is 1.26. The van der Waals surface area contributed by atoms with Gasteiger partial charge in [0.1, 0.15) is 0 Å². The number of hydrogen-bond donors (Lipinski definition) is 2. The first-order chi connectivity index (χ1) is 7.74. The van der Waals surface area contributed by atoms with Crippen molar-refractivity contribution in [3.63, 3.8) is 0 Å². The highest BCUT2D eigenvalue weighted by Crippen LogP contribution is 2.63. The maximum Gasteiger partial charge on any atom is 0.0788 e. The van der Waals surface area contributed by atoms with Crippen LogP contribution in [0.1, 0.15) is 0 Å². The molecule has 16 heavy (non-hydrogen) atoms. The quantitative estimate of drug-likeness (QED) is 0.641. The minimum absolute atomic E-state index is 0.0215. The van der Waals surface area contributed by atoms with Crippen LogP contribution in [0.25, 0.3) is 0 Å². The van der Waals surface area contributed by atoms with E-state index >= 15 is 0 Å². The van der Waals surface area contributed by atoms with Gasteiger partial charge in [-0.05, 0) is 27.9 Å². The van der Waals surface area contributed by atoms with Crippen molar-refractivity contribution in [2.45, 2.75) is 6.17 Å². The number of nitrogens with two attached hydrogens (primary N) is 2. The molecule has 4 bridgehead atoms. The number of hydrogen-bond acceptors (Lipinski definition) is 2. The molecule has 0 radical (unpaired) electrons. The second-order valence-corrected chi connectivity index (χ2v) is 4.66. The molecule has 4 N–H and O–H groups in total. The molecule has 2 nitrogen and oxygen atoms in total. The van der Waals surface area contributed by atoms with Crippen LogP contribution in [0.15, 0.2) is 70.4 Å². The Morgan fingerprint density at radius 1 is 0.875 bits per heavy atom. The third-order valence-electron chi connectivity index (χ3n) is 4.00. The van der Waals surface area contributed by atoms with Crippen molar-refractivity contribution in [2.24, 2.45) is 16.9 Å². The summed E-state index contributed by atoms with van der Waals surface area (Å²) < 4.78 is 0. The SMILES string of the molecule is NC(N)C1=C2C=CC(=C1)C21C2=CC=C1C=C2. The molecule has 0 aliphatic heterocycles. The molecule has 0 saturated carbocycles. The van der Waals surface area contributed by atoms with Gasteiger partial charge in [0.2, 0.25) is 0 Å². The van der Waals surface area contributed by atoms with E-state index in [-0.39, 0.29) is 11.6 Å². The van der Waals surface area contributed by atoms with Gasteiger partial charge in [0.05, 0.1) is 11.6 Å². The fourth-order valence-corrected chi connectivity index (χ4v) is 3.35. The molecular formula is C14H12N2. The lowest BCUT2D eigenvalue weighted by Crippen LogP contribution is -2.33. The first kappa shape index (κ1) is 8.50. The van der Waals surface area contributed by atoms with Gasteiger partial charge in [-0.1, -0.05) is 42.5 Å². The minimum Gasteiger partial charge on any atom is -0.312 e. The molecule has 1 spiro atoms. The lowest BCUT2D eigenvalue weighted by atomic mass is 9.75. The van der Waals surface area contributed by atoms with Crippen LogP contribution in [0.2, 0.25) is 0 Å². The van der Waals surface area contributed by atoms with Crippen LogP contribution in [-0.4, -0.2) is 6.17 Å². The van der Waals surface area contributed by atoms with Crippen LogP contribution in [0, 0.1) is 5.41 Å². The van der Waals surface area contributed by atoms with E-state index in [1.807, 2.05) is 0 Å². The van der Waals surface area contributed by atoms with Gasteiger partial charge in [-0.3, -0.25) is 0 Å². The van der Waals surface area contributed by atoms with E-state index in [4.69, 9.17) is 11.5 Å². The van der Waals surface area contributed by atoms with Crippen molar-refractivity contribution < 1.29 is 0 Å². The van der Waals surface area contributed by atoms with Crippen LogP contribution in [-0.2, 0) is 0 Å². The van der Waals surface area contributed by atoms with Crippen molar-refractivity contribution >= 4 is 0 Å². The molecule has 4 aliphatic rings. The monoisotopic (exact) mass is 208 g/mol. The fourth-order valence-electron chi connectivity index (χ4n) is 3.35. The van der Waals surface area contributed by atoms with Crippen LogP contribution in [0.3, 0.4) is 0 Å². The summed E-state index contributed by atoms with van der Waals surface area (Å²) in [5.41, 5.74) is 18.0. The molecule has 0 aromatic heterocycles.